The average molecular weight is 534 g/mol. The van der Waals surface area contributed by atoms with Crippen LogP contribution in [0.3, 0.4) is 0 Å². The molecule has 198 valence electrons. The smallest absolute Gasteiger partial charge is 0.256 e. The van der Waals surface area contributed by atoms with Crippen molar-refractivity contribution in [2.24, 2.45) is 0 Å². The number of nitrogens with one attached hydrogen (secondary N) is 1. The van der Waals surface area contributed by atoms with Crippen molar-refractivity contribution >= 4 is 28.4 Å². The van der Waals surface area contributed by atoms with Gasteiger partial charge in [0, 0.05) is 29.0 Å². The molecule has 2 atom stereocenters. The third kappa shape index (κ3) is 4.37. The number of halogens is 1. The maximum atomic E-state index is 13.7. The Morgan fingerprint density at radius 3 is 2.45 bits per heavy atom. The highest BCUT2D eigenvalue weighted by molar-refractivity contribution is 6.11. The van der Waals surface area contributed by atoms with Gasteiger partial charge in [-0.15, -0.1) is 0 Å². The standard InChI is InChI=1S/C31H24FN5O3/c1-19-28(35-30(38)21-4-3-15-33-17-21)29(20-5-12-26(40-2)13-6-20)36(31(19)39)25-11-14-27-22(16-25)18-34-37(27)24-9-7-23(32)8-10-24/h3-18,28-29H,1H2,2H3,(H,35,38)/t28-,29?/m0/s1. The normalized spacial score (nSPS) is 16.9. The van der Waals surface area contributed by atoms with Crippen LogP contribution in [-0.2, 0) is 4.79 Å². The number of carbonyl (C=O) groups excluding carboxylic acids is 2. The van der Waals surface area contributed by atoms with Crippen molar-refractivity contribution in [3.8, 4) is 11.4 Å². The van der Waals surface area contributed by atoms with E-state index in [4.69, 9.17) is 4.74 Å². The minimum Gasteiger partial charge on any atom is -0.497 e. The van der Waals surface area contributed by atoms with E-state index in [9.17, 15) is 14.0 Å². The number of carbonyl (C=O) groups is 2. The molecule has 9 heteroatoms. The predicted octanol–water partition coefficient (Wildman–Crippen LogP) is 5.01. The first kappa shape index (κ1) is 25.0. The van der Waals surface area contributed by atoms with Crippen molar-refractivity contribution < 1.29 is 18.7 Å². The van der Waals surface area contributed by atoms with Crippen LogP contribution in [0.5, 0.6) is 5.75 Å². The molecule has 3 aromatic carbocycles. The first-order chi connectivity index (χ1) is 19.4. The second-order valence-electron chi connectivity index (χ2n) is 9.39. The fourth-order valence-corrected chi connectivity index (χ4v) is 5.02. The van der Waals surface area contributed by atoms with Crippen LogP contribution in [0.2, 0.25) is 0 Å². The number of amides is 2. The van der Waals surface area contributed by atoms with E-state index < -0.39 is 12.1 Å². The van der Waals surface area contributed by atoms with Crippen LogP contribution < -0.4 is 15.0 Å². The number of ether oxygens (including phenoxy) is 1. The van der Waals surface area contributed by atoms with Crippen molar-refractivity contribution in [3.63, 3.8) is 0 Å². The van der Waals surface area contributed by atoms with Crippen molar-refractivity contribution in [1.82, 2.24) is 20.1 Å². The Labute approximate surface area is 229 Å². The summed E-state index contributed by atoms with van der Waals surface area (Å²) in [6.07, 6.45) is 4.76. The highest BCUT2D eigenvalue weighted by Gasteiger charge is 2.45. The van der Waals surface area contributed by atoms with E-state index in [1.807, 2.05) is 42.5 Å². The molecule has 2 amide bonds. The molecular formula is C31H24FN5O3. The third-order valence-electron chi connectivity index (χ3n) is 7.03. The van der Waals surface area contributed by atoms with Gasteiger partial charge in [-0.3, -0.25) is 19.5 Å². The molecule has 2 aromatic heterocycles. The molecule has 40 heavy (non-hydrogen) atoms. The fourth-order valence-electron chi connectivity index (χ4n) is 5.02. The number of nitrogens with zero attached hydrogens (tertiary/aromatic N) is 4. The van der Waals surface area contributed by atoms with E-state index in [-0.39, 0.29) is 23.2 Å². The van der Waals surface area contributed by atoms with Gasteiger partial charge in [0.25, 0.3) is 11.8 Å². The summed E-state index contributed by atoms with van der Waals surface area (Å²) in [7, 11) is 1.58. The number of methoxy groups -OCH3 is 1. The van der Waals surface area contributed by atoms with E-state index >= 15 is 0 Å². The van der Waals surface area contributed by atoms with Crippen molar-refractivity contribution in [1.29, 1.82) is 0 Å². The summed E-state index contributed by atoms with van der Waals surface area (Å²) in [5.74, 6) is -0.319. The molecule has 0 saturated carbocycles. The SMILES string of the molecule is C=C1C(=O)N(c2ccc3c(cnn3-c3ccc(F)cc3)c2)C(c2ccc(OC)cc2)[C@H]1NC(=O)c1cccnc1. The summed E-state index contributed by atoms with van der Waals surface area (Å²) in [6.45, 7) is 4.07. The zero-order valence-corrected chi connectivity index (χ0v) is 21.5. The predicted molar refractivity (Wildman–Crippen MR) is 149 cm³/mol. The second-order valence-corrected chi connectivity index (χ2v) is 9.39. The Bertz CT molecular complexity index is 1730. The topological polar surface area (TPSA) is 89.4 Å². The summed E-state index contributed by atoms with van der Waals surface area (Å²) < 4.78 is 20.5. The third-order valence-corrected chi connectivity index (χ3v) is 7.03. The van der Waals surface area contributed by atoms with Gasteiger partial charge in [0.15, 0.2) is 0 Å². The van der Waals surface area contributed by atoms with Crippen LogP contribution in [0.15, 0.2) is 110 Å². The molecule has 5 aromatic rings. The van der Waals surface area contributed by atoms with E-state index in [1.165, 1.54) is 18.3 Å². The Kier molecular flexibility index (Phi) is 6.31. The maximum absolute atomic E-state index is 13.7. The number of hydrogen-bond acceptors (Lipinski definition) is 5. The van der Waals surface area contributed by atoms with Gasteiger partial charge in [0.05, 0.1) is 42.2 Å². The van der Waals surface area contributed by atoms with Gasteiger partial charge in [-0.25, -0.2) is 9.07 Å². The molecule has 0 bridgehead atoms. The highest BCUT2D eigenvalue weighted by Crippen LogP contribution is 2.41. The maximum Gasteiger partial charge on any atom is 0.256 e. The zero-order valence-electron chi connectivity index (χ0n) is 21.5. The lowest BCUT2D eigenvalue weighted by molar-refractivity contribution is -0.114. The lowest BCUT2D eigenvalue weighted by Gasteiger charge is -2.29. The number of pyridine rings is 1. The number of aromatic nitrogens is 3. The van der Waals surface area contributed by atoms with Crippen LogP contribution in [0.25, 0.3) is 16.6 Å². The molecule has 1 saturated heterocycles. The quantitative estimate of drug-likeness (QED) is 0.310. The van der Waals surface area contributed by atoms with Gasteiger partial charge in [-0.2, -0.15) is 5.10 Å². The van der Waals surface area contributed by atoms with Gasteiger partial charge in [0.2, 0.25) is 0 Å². The minimum atomic E-state index is -0.703. The summed E-state index contributed by atoms with van der Waals surface area (Å²) >= 11 is 0. The first-order valence-corrected chi connectivity index (χ1v) is 12.6. The molecule has 1 aliphatic rings. The summed E-state index contributed by atoms with van der Waals surface area (Å²) in [5.41, 5.74) is 3.57. The number of benzene rings is 3. The van der Waals surface area contributed by atoms with Gasteiger partial charge < -0.3 is 10.1 Å². The van der Waals surface area contributed by atoms with Crippen LogP contribution in [-0.4, -0.2) is 39.7 Å². The fraction of sp³-hybridized carbons (Fsp3) is 0.0968. The Morgan fingerprint density at radius 2 is 1.75 bits per heavy atom. The Hall–Kier alpha value is -5.31. The van der Waals surface area contributed by atoms with Crippen LogP contribution in [0, 0.1) is 5.82 Å². The van der Waals surface area contributed by atoms with Gasteiger partial charge in [-0.05, 0) is 72.3 Å². The molecule has 0 radical (unpaired) electrons. The number of anilines is 1. The Balaban J connectivity index is 1.41. The number of fused-ring (bicyclic) bond motifs is 1. The molecule has 0 spiro atoms. The van der Waals surface area contributed by atoms with Gasteiger partial charge in [-0.1, -0.05) is 18.7 Å². The molecule has 6 rings (SSSR count). The van der Waals surface area contributed by atoms with Crippen LogP contribution in [0.1, 0.15) is 22.0 Å². The van der Waals surface area contributed by atoms with E-state index in [0.29, 0.717) is 22.7 Å². The summed E-state index contributed by atoms with van der Waals surface area (Å²) in [5, 5.41) is 8.27. The zero-order chi connectivity index (χ0) is 27.8. The minimum absolute atomic E-state index is 0.264. The molecule has 8 nitrogen and oxygen atoms in total. The molecule has 1 N–H and O–H groups in total. The van der Waals surface area contributed by atoms with Crippen LogP contribution in [0.4, 0.5) is 10.1 Å². The first-order valence-electron chi connectivity index (χ1n) is 12.6. The molecule has 1 unspecified atom stereocenters. The van der Waals surface area contributed by atoms with Crippen LogP contribution >= 0.6 is 0 Å². The van der Waals surface area contributed by atoms with Crippen molar-refractivity contribution in [2.45, 2.75) is 12.1 Å². The van der Waals surface area contributed by atoms with E-state index in [2.05, 4.69) is 22.0 Å². The summed E-state index contributed by atoms with van der Waals surface area (Å²) in [6, 6.07) is 21.1. The number of rotatable bonds is 6. The van der Waals surface area contributed by atoms with Gasteiger partial charge >= 0.3 is 0 Å². The highest BCUT2D eigenvalue weighted by atomic mass is 19.1. The average Bonchev–Trinajstić information content (AvgIpc) is 3.52. The number of hydrogen-bond donors (Lipinski definition) is 1. The van der Waals surface area contributed by atoms with E-state index in [1.54, 1.807) is 53.4 Å². The second kappa shape index (κ2) is 10.1. The monoisotopic (exact) mass is 533 g/mol. The van der Waals surface area contributed by atoms with Gasteiger partial charge in [0.1, 0.15) is 11.6 Å². The van der Waals surface area contributed by atoms with E-state index in [0.717, 1.165) is 16.5 Å². The summed E-state index contributed by atoms with van der Waals surface area (Å²) in [4.78, 5) is 32.5. The lowest BCUT2D eigenvalue weighted by atomic mass is 9.97. The van der Waals surface area contributed by atoms with Crippen molar-refractivity contribution in [2.75, 3.05) is 12.0 Å². The molecule has 1 fully saturated rings. The van der Waals surface area contributed by atoms with Crippen molar-refractivity contribution in [3.05, 3.63) is 127 Å². The molecular weight excluding hydrogens is 509 g/mol. The molecule has 0 aliphatic carbocycles. The largest absolute Gasteiger partial charge is 0.497 e. The lowest BCUT2D eigenvalue weighted by Crippen LogP contribution is -2.40. The molecule has 3 heterocycles. The molecule has 1 aliphatic heterocycles. The Morgan fingerprint density at radius 1 is 1.00 bits per heavy atom.